The molecule has 0 spiro atoms. The predicted molar refractivity (Wildman–Crippen MR) is 118 cm³/mol. The van der Waals surface area contributed by atoms with Gasteiger partial charge in [-0.05, 0) is 63.0 Å². The molecule has 9 nitrogen and oxygen atoms in total. The van der Waals surface area contributed by atoms with Gasteiger partial charge in [-0.15, -0.1) is 0 Å². The summed E-state index contributed by atoms with van der Waals surface area (Å²) in [5.41, 5.74) is 1.81. The summed E-state index contributed by atoms with van der Waals surface area (Å²) in [6.07, 6.45) is 3.84. The molecule has 0 radical (unpaired) electrons. The normalized spacial score (nSPS) is 18.2. The van der Waals surface area contributed by atoms with Gasteiger partial charge in [0.1, 0.15) is 5.76 Å². The predicted octanol–water partition coefficient (Wildman–Crippen LogP) is 1.90. The number of carbonyl (C=O) groups is 2. The fourth-order valence-corrected chi connectivity index (χ4v) is 4.00. The Morgan fingerprint density at radius 2 is 1.88 bits per heavy atom. The van der Waals surface area contributed by atoms with Crippen LogP contribution in [0.15, 0.2) is 57.5 Å². The lowest BCUT2D eigenvalue weighted by Gasteiger charge is -2.25. The fraction of sp³-hybridized carbons (Fsp3) is 0.304. The number of oxazole rings is 1. The number of Topliss-reactive ketones (excluding diaryl/α,β-unsaturated/α-hetero) is 1. The highest BCUT2D eigenvalue weighted by molar-refractivity contribution is 6.46. The highest BCUT2D eigenvalue weighted by atomic mass is 16.4. The van der Waals surface area contributed by atoms with Crippen LogP contribution in [0.2, 0.25) is 0 Å². The van der Waals surface area contributed by atoms with E-state index < -0.39 is 23.5 Å². The van der Waals surface area contributed by atoms with E-state index in [2.05, 4.69) is 4.98 Å². The lowest BCUT2D eigenvalue weighted by Crippen LogP contribution is -2.32. The number of benzene rings is 1. The molecule has 0 aliphatic carbocycles. The van der Waals surface area contributed by atoms with Crippen molar-refractivity contribution in [2.24, 2.45) is 7.05 Å². The van der Waals surface area contributed by atoms with Crippen molar-refractivity contribution in [3.05, 3.63) is 70.0 Å². The van der Waals surface area contributed by atoms with Gasteiger partial charge in [-0.2, -0.15) is 0 Å². The molecule has 1 atom stereocenters. The smallest absolute Gasteiger partial charge is 0.419 e. The number of aromatic nitrogens is 2. The van der Waals surface area contributed by atoms with Crippen LogP contribution in [0.1, 0.15) is 23.6 Å². The van der Waals surface area contributed by atoms with Crippen LogP contribution in [0.3, 0.4) is 0 Å². The number of ketones is 1. The van der Waals surface area contributed by atoms with E-state index in [4.69, 9.17) is 4.42 Å². The van der Waals surface area contributed by atoms with E-state index in [1.807, 2.05) is 19.0 Å². The van der Waals surface area contributed by atoms with Crippen molar-refractivity contribution in [2.45, 2.75) is 12.5 Å². The third kappa shape index (κ3) is 3.71. The lowest BCUT2D eigenvalue weighted by molar-refractivity contribution is -0.139. The maximum atomic E-state index is 13.0. The van der Waals surface area contributed by atoms with Crippen LogP contribution >= 0.6 is 0 Å². The maximum Gasteiger partial charge on any atom is 0.419 e. The Morgan fingerprint density at radius 1 is 1.16 bits per heavy atom. The molecule has 0 bridgehead atoms. The summed E-state index contributed by atoms with van der Waals surface area (Å²) in [6.45, 7) is 1.11. The Hall–Kier alpha value is -3.72. The number of carbonyl (C=O) groups excluding carboxylic acids is 2. The Balaban J connectivity index is 1.82. The van der Waals surface area contributed by atoms with Gasteiger partial charge in [-0.25, -0.2) is 4.79 Å². The highest BCUT2D eigenvalue weighted by Crippen LogP contribution is 2.39. The van der Waals surface area contributed by atoms with E-state index in [1.165, 1.54) is 15.5 Å². The molecule has 1 N–H and O–H groups in total. The molecule has 166 valence electrons. The first-order valence-electron chi connectivity index (χ1n) is 10.2. The van der Waals surface area contributed by atoms with Gasteiger partial charge in [-0.1, -0.05) is 0 Å². The fourth-order valence-electron chi connectivity index (χ4n) is 4.00. The average Bonchev–Trinajstić information content (AvgIpc) is 3.20. The zero-order valence-corrected chi connectivity index (χ0v) is 18.1. The summed E-state index contributed by atoms with van der Waals surface area (Å²) in [4.78, 5) is 45.3. The molecule has 1 aromatic carbocycles. The van der Waals surface area contributed by atoms with Crippen LogP contribution in [-0.4, -0.2) is 63.3 Å². The van der Waals surface area contributed by atoms with E-state index >= 15 is 0 Å². The monoisotopic (exact) mass is 436 g/mol. The molecule has 1 aliphatic rings. The molecule has 1 fully saturated rings. The topological polar surface area (TPSA) is 109 Å². The number of hydrogen-bond acceptors (Lipinski definition) is 7. The molecule has 4 rings (SSSR count). The summed E-state index contributed by atoms with van der Waals surface area (Å²) in [6, 6.07) is 7.43. The van der Waals surface area contributed by atoms with Crippen LogP contribution in [-0.2, 0) is 16.6 Å². The molecule has 3 aromatic rings. The molecular weight excluding hydrogens is 412 g/mol. The SMILES string of the molecule is CN(C)CCCN1C(=O)C(=O)/C(=C(/O)c2ccc3c(c2)oc(=O)n3C)C1c1ccncc1. The van der Waals surface area contributed by atoms with Crippen molar-refractivity contribution in [1.29, 1.82) is 0 Å². The van der Waals surface area contributed by atoms with E-state index in [0.29, 0.717) is 24.0 Å². The summed E-state index contributed by atoms with van der Waals surface area (Å²) in [5, 5.41) is 11.1. The Kier molecular flexibility index (Phi) is 5.67. The van der Waals surface area contributed by atoms with E-state index in [0.717, 1.165) is 6.54 Å². The Labute approximate surface area is 184 Å². The highest BCUT2D eigenvalue weighted by Gasteiger charge is 2.45. The first-order chi connectivity index (χ1) is 15.3. The number of aryl methyl sites for hydroxylation is 1. The molecule has 2 aromatic heterocycles. The van der Waals surface area contributed by atoms with E-state index in [1.54, 1.807) is 43.7 Å². The second-order valence-electron chi connectivity index (χ2n) is 8.04. The molecular formula is C23H24N4O5. The summed E-state index contributed by atoms with van der Waals surface area (Å²) < 4.78 is 6.55. The number of nitrogens with zero attached hydrogens (tertiary/aromatic N) is 4. The number of likely N-dealkylation sites (tertiary alicyclic amines) is 1. The number of aliphatic hydroxyl groups excluding tert-OH is 1. The summed E-state index contributed by atoms with van der Waals surface area (Å²) in [7, 11) is 5.45. The number of hydrogen-bond donors (Lipinski definition) is 1. The van der Waals surface area contributed by atoms with Gasteiger partial charge >= 0.3 is 5.76 Å². The number of amides is 1. The molecule has 1 saturated heterocycles. The lowest BCUT2D eigenvalue weighted by atomic mass is 9.96. The number of fused-ring (bicyclic) bond motifs is 1. The third-order valence-electron chi connectivity index (χ3n) is 5.63. The van der Waals surface area contributed by atoms with Crippen LogP contribution in [0.25, 0.3) is 16.9 Å². The second kappa shape index (κ2) is 8.43. The summed E-state index contributed by atoms with van der Waals surface area (Å²) >= 11 is 0. The van der Waals surface area contributed by atoms with Gasteiger partial charge in [0.2, 0.25) is 0 Å². The zero-order valence-electron chi connectivity index (χ0n) is 18.1. The number of rotatable bonds is 6. The second-order valence-corrected chi connectivity index (χ2v) is 8.04. The van der Waals surface area contributed by atoms with Crippen LogP contribution < -0.4 is 5.76 Å². The van der Waals surface area contributed by atoms with Crippen LogP contribution in [0.4, 0.5) is 0 Å². The molecule has 3 heterocycles. The van der Waals surface area contributed by atoms with Crippen LogP contribution in [0.5, 0.6) is 0 Å². The van der Waals surface area contributed by atoms with Crippen molar-refractivity contribution in [1.82, 2.24) is 19.4 Å². The van der Waals surface area contributed by atoms with Gasteiger partial charge in [0.15, 0.2) is 5.58 Å². The quantitative estimate of drug-likeness (QED) is 0.357. The van der Waals surface area contributed by atoms with Gasteiger partial charge in [0.05, 0.1) is 17.1 Å². The van der Waals surface area contributed by atoms with Gasteiger partial charge in [0, 0.05) is 31.5 Å². The number of aliphatic hydroxyl groups is 1. The van der Waals surface area contributed by atoms with Gasteiger partial charge in [0.25, 0.3) is 11.7 Å². The number of pyridine rings is 1. The molecule has 32 heavy (non-hydrogen) atoms. The van der Waals surface area contributed by atoms with Crippen molar-refractivity contribution >= 4 is 28.5 Å². The van der Waals surface area contributed by atoms with Gasteiger partial charge in [-0.3, -0.25) is 19.1 Å². The first kappa shape index (κ1) is 21.5. The average molecular weight is 436 g/mol. The molecule has 9 heteroatoms. The summed E-state index contributed by atoms with van der Waals surface area (Å²) in [5.74, 6) is -2.24. The third-order valence-corrected chi connectivity index (χ3v) is 5.63. The molecule has 1 aliphatic heterocycles. The van der Waals surface area contributed by atoms with Gasteiger partial charge < -0.3 is 19.3 Å². The van der Waals surface area contributed by atoms with E-state index in [9.17, 15) is 19.5 Å². The maximum absolute atomic E-state index is 13.0. The largest absolute Gasteiger partial charge is 0.507 e. The van der Waals surface area contributed by atoms with Crippen LogP contribution in [0, 0.1) is 0 Å². The minimum Gasteiger partial charge on any atom is -0.507 e. The van der Waals surface area contributed by atoms with E-state index in [-0.39, 0.29) is 22.5 Å². The minimum absolute atomic E-state index is 0.00341. The Bertz CT molecular complexity index is 1270. The molecule has 1 unspecified atom stereocenters. The van der Waals surface area contributed by atoms with Crippen molar-refractivity contribution in [3.63, 3.8) is 0 Å². The van der Waals surface area contributed by atoms with Crippen molar-refractivity contribution in [2.75, 3.05) is 27.2 Å². The van der Waals surface area contributed by atoms with Crippen molar-refractivity contribution < 1.29 is 19.1 Å². The molecule has 1 amide bonds. The first-order valence-corrected chi connectivity index (χ1v) is 10.2. The molecule has 0 saturated carbocycles. The zero-order chi connectivity index (χ0) is 23.0. The minimum atomic E-state index is -0.747. The standard InChI is InChI=1S/C23H24N4O5/c1-25(2)11-4-12-27-19(14-7-9-24-10-8-14)18(21(29)22(27)30)20(28)15-5-6-16-17(13-15)32-23(31)26(16)3/h5-10,13,19,28H,4,11-12H2,1-3H3/b20-18+. The Morgan fingerprint density at radius 3 is 2.56 bits per heavy atom. The van der Waals surface area contributed by atoms with Crippen molar-refractivity contribution in [3.8, 4) is 0 Å².